The molecule has 3 aromatic carbocycles. The van der Waals surface area contributed by atoms with Crippen LogP contribution in [0.15, 0.2) is 72.8 Å². The van der Waals surface area contributed by atoms with E-state index >= 15 is 0 Å². The van der Waals surface area contributed by atoms with E-state index in [1.807, 2.05) is 62.4 Å². The zero-order chi connectivity index (χ0) is 29.1. The van der Waals surface area contributed by atoms with E-state index in [2.05, 4.69) is 5.32 Å². The van der Waals surface area contributed by atoms with Gasteiger partial charge in [0, 0.05) is 31.6 Å². The van der Waals surface area contributed by atoms with Gasteiger partial charge < -0.3 is 24.4 Å². The van der Waals surface area contributed by atoms with E-state index in [1.54, 1.807) is 13.2 Å². The van der Waals surface area contributed by atoms with Crippen LogP contribution in [0.2, 0.25) is 0 Å². The van der Waals surface area contributed by atoms with Crippen molar-refractivity contribution in [2.75, 3.05) is 27.4 Å². The van der Waals surface area contributed by atoms with E-state index in [1.165, 1.54) is 30.2 Å². The van der Waals surface area contributed by atoms with Crippen molar-refractivity contribution in [1.82, 2.24) is 10.2 Å². The van der Waals surface area contributed by atoms with Crippen molar-refractivity contribution in [1.29, 1.82) is 0 Å². The van der Waals surface area contributed by atoms with Crippen molar-refractivity contribution < 1.29 is 28.7 Å². The number of nitro groups is 1. The molecule has 1 N–H and O–H groups in total. The number of benzene rings is 3. The highest BCUT2D eigenvalue weighted by Gasteiger charge is 2.31. The first-order chi connectivity index (χ1) is 19.2. The van der Waals surface area contributed by atoms with Gasteiger partial charge in [-0.15, -0.1) is 0 Å². The van der Waals surface area contributed by atoms with Crippen LogP contribution >= 0.6 is 0 Å². The van der Waals surface area contributed by atoms with E-state index in [0.717, 1.165) is 11.1 Å². The number of rotatable bonds is 14. The predicted octanol–water partition coefficient (Wildman–Crippen LogP) is 4.40. The zero-order valence-electron chi connectivity index (χ0n) is 23.2. The second-order valence-electron chi connectivity index (χ2n) is 9.60. The third-order valence-corrected chi connectivity index (χ3v) is 6.15. The molecule has 0 fully saturated rings. The minimum absolute atomic E-state index is 0.0122. The summed E-state index contributed by atoms with van der Waals surface area (Å²) in [5, 5.41) is 14.2. The quantitative estimate of drug-likeness (QED) is 0.234. The number of carbonyl (C=O) groups is 2. The number of hydrogen-bond acceptors (Lipinski definition) is 7. The Morgan fingerprint density at radius 1 is 0.925 bits per heavy atom. The Morgan fingerprint density at radius 3 is 2.30 bits per heavy atom. The van der Waals surface area contributed by atoms with E-state index < -0.39 is 23.5 Å². The Hall–Kier alpha value is -4.60. The van der Waals surface area contributed by atoms with Crippen LogP contribution in [0, 0.1) is 16.0 Å². The minimum Gasteiger partial charge on any atom is -0.497 e. The van der Waals surface area contributed by atoms with Crippen LogP contribution in [0.3, 0.4) is 0 Å². The summed E-state index contributed by atoms with van der Waals surface area (Å²) in [5.74, 6) is 0.387. The first-order valence-electron chi connectivity index (χ1n) is 12.9. The number of ether oxygens (including phenoxy) is 3. The van der Waals surface area contributed by atoms with Crippen molar-refractivity contribution in [2.45, 2.75) is 32.9 Å². The fourth-order valence-electron chi connectivity index (χ4n) is 4.07. The molecular weight excluding hydrogens is 514 g/mol. The summed E-state index contributed by atoms with van der Waals surface area (Å²) in [6.07, 6.45) is 0.297. The maximum atomic E-state index is 13.7. The van der Waals surface area contributed by atoms with E-state index in [9.17, 15) is 19.7 Å². The van der Waals surface area contributed by atoms with E-state index in [0.29, 0.717) is 18.7 Å². The highest BCUT2D eigenvalue weighted by atomic mass is 16.6. The number of carbonyl (C=O) groups excluding carboxylic acids is 2. The molecular formula is C30H35N3O7. The molecule has 10 nitrogen and oxygen atoms in total. The smallest absolute Gasteiger partial charge is 0.311 e. The summed E-state index contributed by atoms with van der Waals surface area (Å²) in [6, 6.07) is 20.0. The number of amides is 2. The number of methoxy groups -OCH3 is 2. The normalized spacial score (nSPS) is 11.4. The van der Waals surface area contributed by atoms with Crippen LogP contribution in [0.4, 0.5) is 5.69 Å². The first-order valence-corrected chi connectivity index (χ1v) is 12.9. The monoisotopic (exact) mass is 549 g/mol. The zero-order valence-corrected chi connectivity index (χ0v) is 23.2. The number of hydrogen-bond donors (Lipinski definition) is 1. The van der Waals surface area contributed by atoms with Gasteiger partial charge in [-0.05, 0) is 35.2 Å². The van der Waals surface area contributed by atoms with Gasteiger partial charge in [0.05, 0.1) is 19.1 Å². The Balaban J connectivity index is 1.92. The van der Waals surface area contributed by atoms with Gasteiger partial charge in [-0.25, -0.2) is 0 Å². The molecule has 0 aliphatic heterocycles. The van der Waals surface area contributed by atoms with Crippen molar-refractivity contribution >= 4 is 17.5 Å². The lowest BCUT2D eigenvalue weighted by atomic mass is 10.0. The van der Waals surface area contributed by atoms with Gasteiger partial charge in [-0.1, -0.05) is 56.3 Å². The van der Waals surface area contributed by atoms with Crippen molar-refractivity contribution in [3.05, 3.63) is 94.0 Å². The van der Waals surface area contributed by atoms with Crippen LogP contribution in [0.5, 0.6) is 17.2 Å². The minimum atomic E-state index is -0.824. The fraction of sp³-hybridized carbons (Fsp3) is 0.333. The Kier molecular flexibility index (Phi) is 10.9. The molecule has 2 amide bonds. The summed E-state index contributed by atoms with van der Waals surface area (Å²) in [4.78, 5) is 39.4. The van der Waals surface area contributed by atoms with Crippen molar-refractivity contribution in [2.24, 2.45) is 5.92 Å². The van der Waals surface area contributed by atoms with Crippen molar-refractivity contribution in [3.63, 3.8) is 0 Å². The Morgan fingerprint density at radius 2 is 1.65 bits per heavy atom. The number of nitro benzene ring substituents is 1. The summed E-state index contributed by atoms with van der Waals surface area (Å²) in [5.41, 5.74) is 1.46. The average Bonchev–Trinajstić information content (AvgIpc) is 2.96. The molecule has 0 bridgehead atoms. The molecule has 0 saturated heterocycles. The third kappa shape index (κ3) is 8.45. The summed E-state index contributed by atoms with van der Waals surface area (Å²) < 4.78 is 16.2. The third-order valence-electron chi connectivity index (χ3n) is 6.15. The second kappa shape index (κ2) is 14.5. The maximum absolute atomic E-state index is 13.7. The average molecular weight is 550 g/mol. The topological polar surface area (TPSA) is 120 Å². The van der Waals surface area contributed by atoms with Gasteiger partial charge in [-0.3, -0.25) is 19.7 Å². The lowest BCUT2D eigenvalue weighted by Gasteiger charge is -2.31. The predicted molar refractivity (Wildman–Crippen MR) is 150 cm³/mol. The molecule has 0 heterocycles. The molecule has 10 heteroatoms. The van der Waals surface area contributed by atoms with Gasteiger partial charge in [0.25, 0.3) is 5.91 Å². The highest BCUT2D eigenvalue weighted by Crippen LogP contribution is 2.31. The van der Waals surface area contributed by atoms with E-state index in [-0.39, 0.29) is 35.6 Å². The number of nitrogens with zero attached hydrogens (tertiary/aromatic N) is 2. The van der Waals surface area contributed by atoms with Crippen LogP contribution in [0.25, 0.3) is 0 Å². The standard InChI is InChI=1S/C30H35N3O7/c1-21(2)18-31-30(35)27(16-22-9-6-5-7-10-22)32(19-23-11-8-12-24(15-23)38-3)29(34)20-40-25-13-14-26(33(36)37)28(17-25)39-4/h5-15,17,21,27H,16,18-20H2,1-4H3,(H,31,35)/t27-/m1/s1. The van der Waals surface area contributed by atoms with Gasteiger partial charge in [0.15, 0.2) is 6.61 Å². The molecule has 0 saturated carbocycles. The molecule has 3 rings (SSSR count). The Bertz CT molecular complexity index is 1300. The Labute approximate surface area is 234 Å². The molecule has 1 atom stereocenters. The SMILES string of the molecule is COc1cccc(CN(C(=O)COc2ccc([N+](=O)[O-])c(OC)c2)[C@H](Cc2ccccc2)C(=O)NCC(C)C)c1. The molecule has 0 unspecified atom stereocenters. The van der Waals surface area contributed by atoms with Crippen LogP contribution in [0.1, 0.15) is 25.0 Å². The van der Waals surface area contributed by atoms with E-state index in [4.69, 9.17) is 14.2 Å². The number of nitrogens with one attached hydrogen (secondary N) is 1. The summed E-state index contributed by atoms with van der Waals surface area (Å²) in [7, 11) is 2.88. The van der Waals surface area contributed by atoms with Crippen molar-refractivity contribution in [3.8, 4) is 17.2 Å². The van der Waals surface area contributed by atoms with Gasteiger partial charge >= 0.3 is 5.69 Å². The van der Waals surface area contributed by atoms with Crippen LogP contribution in [-0.4, -0.2) is 55.1 Å². The lowest BCUT2D eigenvalue weighted by molar-refractivity contribution is -0.385. The molecule has 40 heavy (non-hydrogen) atoms. The van der Waals surface area contributed by atoms with Crippen LogP contribution < -0.4 is 19.5 Å². The lowest BCUT2D eigenvalue weighted by Crippen LogP contribution is -2.52. The van der Waals surface area contributed by atoms with Gasteiger partial charge in [0.1, 0.15) is 17.5 Å². The molecule has 3 aromatic rings. The first kappa shape index (κ1) is 29.9. The fourth-order valence-corrected chi connectivity index (χ4v) is 4.07. The largest absolute Gasteiger partial charge is 0.497 e. The highest BCUT2D eigenvalue weighted by molar-refractivity contribution is 5.88. The van der Waals surface area contributed by atoms with Crippen LogP contribution in [-0.2, 0) is 22.6 Å². The molecule has 0 aliphatic rings. The molecule has 0 spiro atoms. The molecule has 0 aliphatic carbocycles. The van der Waals surface area contributed by atoms with Gasteiger partial charge in [-0.2, -0.15) is 0 Å². The molecule has 0 aromatic heterocycles. The maximum Gasteiger partial charge on any atom is 0.311 e. The molecule has 0 radical (unpaired) electrons. The molecule has 212 valence electrons. The summed E-state index contributed by atoms with van der Waals surface area (Å²) in [6.45, 7) is 4.20. The van der Waals surface area contributed by atoms with Gasteiger partial charge in [0.2, 0.25) is 11.7 Å². The second-order valence-corrected chi connectivity index (χ2v) is 9.60. The summed E-state index contributed by atoms with van der Waals surface area (Å²) >= 11 is 0.